The predicted molar refractivity (Wildman–Crippen MR) is 91.3 cm³/mol. The Kier molecular flexibility index (Phi) is 5.01. The Bertz CT molecular complexity index is 716. The van der Waals surface area contributed by atoms with Crippen molar-refractivity contribution in [2.45, 2.75) is 20.1 Å². The summed E-state index contributed by atoms with van der Waals surface area (Å²) >= 11 is 1.33. The van der Waals surface area contributed by atoms with Crippen molar-refractivity contribution in [3.63, 3.8) is 0 Å². The Balaban J connectivity index is 2.03. The SMILES string of the molecule is CCN(CC)C(O)c1csc2c(=O)cc(N3CCOCC3)oc12. The lowest BCUT2D eigenvalue weighted by Crippen LogP contribution is -2.36. The normalized spacial score (nSPS) is 17.1. The first-order valence-corrected chi connectivity index (χ1v) is 8.83. The molecule has 1 atom stereocenters. The monoisotopic (exact) mass is 338 g/mol. The summed E-state index contributed by atoms with van der Waals surface area (Å²) in [6.45, 7) is 8.09. The first-order chi connectivity index (χ1) is 11.2. The lowest BCUT2D eigenvalue weighted by molar-refractivity contribution is 0.00976. The summed E-state index contributed by atoms with van der Waals surface area (Å²) in [5.74, 6) is 0.553. The summed E-state index contributed by atoms with van der Waals surface area (Å²) in [5.41, 5.74) is 1.11. The maximum absolute atomic E-state index is 12.4. The molecular weight excluding hydrogens is 316 g/mol. The van der Waals surface area contributed by atoms with Crippen molar-refractivity contribution in [2.75, 3.05) is 44.3 Å². The van der Waals surface area contributed by atoms with E-state index in [1.807, 2.05) is 29.0 Å². The van der Waals surface area contributed by atoms with E-state index in [0.717, 1.165) is 13.1 Å². The lowest BCUT2D eigenvalue weighted by atomic mass is 10.2. The van der Waals surface area contributed by atoms with Gasteiger partial charge in [-0.05, 0) is 13.1 Å². The van der Waals surface area contributed by atoms with Gasteiger partial charge in [0, 0.05) is 30.1 Å². The summed E-state index contributed by atoms with van der Waals surface area (Å²) in [6, 6.07) is 1.54. The number of fused-ring (bicyclic) bond motifs is 1. The Morgan fingerprint density at radius 3 is 2.70 bits per heavy atom. The zero-order valence-corrected chi connectivity index (χ0v) is 14.3. The van der Waals surface area contributed by atoms with Crippen molar-refractivity contribution in [3.8, 4) is 0 Å². The molecule has 23 heavy (non-hydrogen) atoms. The molecule has 1 N–H and O–H groups in total. The first-order valence-electron chi connectivity index (χ1n) is 7.95. The number of rotatable bonds is 5. The topological polar surface area (TPSA) is 66.2 Å². The number of nitrogens with zero attached hydrogens (tertiary/aromatic N) is 2. The molecule has 6 nitrogen and oxygen atoms in total. The maximum atomic E-state index is 12.4. The Labute approximate surface area is 138 Å². The van der Waals surface area contributed by atoms with Crippen LogP contribution < -0.4 is 10.3 Å². The van der Waals surface area contributed by atoms with Crippen LogP contribution >= 0.6 is 11.3 Å². The van der Waals surface area contributed by atoms with Crippen LogP contribution in [0.5, 0.6) is 0 Å². The Morgan fingerprint density at radius 2 is 2.04 bits per heavy atom. The van der Waals surface area contributed by atoms with Crippen LogP contribution in [0.3, 0.4) is 0 Å². The number of hydrogen-bond donors (Lipinski definition) is 1. The van der Waals surface area contributed by atoms with Crippen LogP contribution in [0.4, 0.5) is 5.88 Å². The molecule has 1 fully saturated rings. The standard InChI is InChI=1S/C16H22N2O4S/c1-3-17(4-2)16(20)11-10-23-15-12(19)9-13(22-14(11)15)18-5-7-21-8-6-18/h9-10,16,20H,3-8H2,1-2H3. The first kappa shape index (κ1) is 16.4. The van der Waals surface area contributed by atoms with Crippen molar-refractivity contribution in [1.82, 2.24) is 4.90 Å². The van der Waals surface area contributed by atoms with Gasteiger partial charge in [0.2, 0.25) is 5.43 Å². The highest BCUT2D eigenvalue weighted by molar-refractivity contribution is 7.17. The average molecular weight is 338 g/mol. The largest absolute Gasteiger partial charge is 0.439 e. The quantitative estimate of drug-likeness (QED) is 0.842. The Hall–Kier alpha value is -1.41. The van der Waals surface area contributed by atoms with Gasteiger partial charge in [-0.25, -0.2) is 0 Å². The van der Waals surface area contributed by atoms with E-state index in [0.29, 0.717) is 48.0 Å². The van der Waals surface area contributed by atoms with Crippen LogP contribution in [0.1, 0.15) is 25.6 Å². The van der Waals surface area contributed by atoms with Crippen LogP contribution in [-0.2, 0) is 4.74 Å². The summed E-state index contributed by atoms with van der Waals surface area (Å²) in [6.07, 6.45) is -0.762. The molecule has 2 aromatic rings. The third-order valence-corrected chi connectivity index (χ3v) is 5.21. The lowest BCUT2D eigenvalue weighted by Gasteiger charge is -2.27. The van der Waals surface area contributed by atoms with Gasteiger partial charge < -0.3 is 19.2 Å². The third-order valence-electron chi connectivity index (χ3n) is 4.22. The smallest absolute Gasteiger partial charge is 0.204 e. The summed E-state index contributed by atoms with van der Waals surface area (Å²) in [7, 11) is 0. The molecule has 0 aliphatic carbocycles. The van der Waals surface area contributed by atoms with E-state index in [1.54, 1.807) is 0 Å². The van der Waals surface area contributed by atoms with Gasteiger partial charge in [0.25, 0.3) is 0 Å². The summed E-state index contributed by atoms with van der Waals surface area (Å²) < 4.78 is 11.9. The highest BCUT2D eigenvalue weighted by Crippen LogP contribution is 2.32. The highest BCUT2D eigenvalue weighted by atomic mass is 32.1. The fraction of sp³-hybridized carbons (Fsp3) is 0.562. The number of aliphatic hydroxyl groups is 1. The van der Waals surface area contributed by atoms with Crippen molar-refractivity contribution < 1.29 is 14.3 Å². The second-order valence-corrected chi connectivity index (χ2v) is 6.37. The predicted octanol–water partition coefficient (Wildman–Crippen LogP) is 2.02. The second kappa shape index (κ2) is 7.00. The number of aliphatic hydroxyl groups excluding tert-OH is 1. The third kappa shape index (κ3) is 3.14. The zero-order valence-electron chi connectivity index (χ0n) is 13.4. The molecule has 7 heteroatoms. The molecule has 0 bridgehead atoms. The van der Waals surface area contributed by atoms with Gasteiger partial charge in [-0.3, -0.25) is 9.69 Å². The molecule has 1 saturated heterocycles. The highest BCUT2D eigenvalue weighted by Gasteiger charge is 2.23. The summed E-state index contributed by atoms with van der Waals surface area (Å²) in [5, 5.41) is 12.4. The van der Waals surface area contributed by atoms with Crippen molar-refractivity contribution in [1.29, 1.82) is 0 Å². The van der Waals surface area contributed by atoms with Gasteiger partial charge in [0.1, 0.15) is 10.9 Å². The van der Waals surface area contributed by atoms with E-state index < -0.39 is 6.23 Å². The molecule has 0 spiro atoms. The van der Waals surface area contributed by atoms with Crippen LogP contribution in [0.15, 0.2) is 20.7 Å². The average Bonchev–Trinajstić information content (AvgIpc) is 3.01. The van der Waals surface area contributed by atoms with Gasteiger partial charge >= 0.3 is 0 Å². The van der Waals surface area contributed by atoms with Gasteiger partial charge in [-0.2, -0.15) is 0 Å². The van der Waals surface area contributed by atoms with Crippen LogP contribution in [0, 0.1) is 0 Å². The molecule has 126 valence electrons. The molecular formula is C16H22N2O4S. The van der Waals surface area contributed by atoms with E-state index in [9.17, 15) is 9.90 Å². The van der Waals surface area contributed by atoms with E-state index in [2.05, 4.69) is 0 Å². The number of anilines is 1. The zero-order chi connectivity index (χ0) is 16.4. The minimum absolute atomic E-state index is 0.0595. The molecule has 0 amide bonds. The summed E-state index contributed by atoms with van der Waals surface area (Å²) in [4.78, 5) is 16.3. The van der Waals surface area contributed by atoms with E-state index in [1.165, 1.54) is 17.4 Å². The number of thiophene rings is 1. The van der Waals surface area contributed by atoms with Crippen LogP contribution in [0.25, 0.3) is 10.3 Å². The molecule has 1 aliphatic rings. The van der Waals surface area contributed by atoms with Gasteiger partial charge in [0.15, 0.2) is 11.5 Å². The molecule has 3 rings (SSSR count). The minimum atomic E-state index is -0.762. The van der Waals surface area contributed by atoms with Crippen LogP contribution in [0.2, 0.25) is 0 Å². The van der Waals surface area contributed by atoms with Gasteiger partial charge in [0.05, 0.1) is 13.2 Å². The fourth-order valence-corrected chi connectivity index (χ4v) is 3.75. The molecule has 0 radical (unpaired) electrons. The maximum Gasteiger partial charge on any atom is 0.204 e. The van der Waals surface area contributed by atoms with Gasteiger partial charge in [-0.15, -0.1) is 11.3 Å². The van der Waals surface area contributed by atoms with Crippen molar-refractivity contribution >= 4 is 27.5 Å². The molecule has 3 heterocycles. The second-order valence-electron chi connectivity index (χ2n) is 5.49. The fourth-order valence-electron chi connectivity index (χ4n) is 2.83. The molecule has 1 unspecified atom stereocenters. The molecule has 1 aliphatic heterocycles. The molecule has 0 saturated carbocycles. The van der Waals surface area contributed by atoms with Crippen molar-refractivity contribution in [2.24, 2.45) is 0 Å². The van der Waals surface area contributed by atoms with E-state index >= 15 is 0 Å². The van der Waals surface area contributed by atoms with Crippen LogP contribution in [-0.4, -0.2) is 49.4 Å². The van der Waals surface area contributed by atoms with E-state index in [4.69, 9.17) is 9.15 Å². The van der Waals surface area contributed by atoms with Gasteiger partial charge in [-0.1, -0.05) is 13.8 Å². The van der Waals surface area contributed by atoms with Crippen molar-refractivity contribution in [3.05, 3.63) is 27.2 Å². The number of ether oxygens (including phenoxy) is 1. The molecule has 2 aromatic heterocycles. The Morgan fingerprint density at radius 1 is 1.35 bits per heavy atom. The van der Waals surface area contributed by atoms with E-state index in [-0.39, 0.29) is 5.43 Å². The number of morpholine rings is 1. The minimum Gasteiger partial charge on any atom is -0.439 e. The number of hydrogen-bond acceptors (Lipinski definition) is 7. The molecule has 0 aromatic carbocycles.